The van der Waals surface area contributed by atoms with Crippen molar-refractivity contribution < 1.29 is 9.53 Å². The number of likely N-dealkylation sites (tertiary alicyclic amines) is 1. The highest BCUT2D eigenvalue weighted by atomic mass is 16.5. The molecule has 2 fully saturated rings. The summed E-state index contributed by atoms with van der Waals surface area (Å²) in [7, 11) is 0. The van der Waals surface area contributed by atoms with Gasteiger partial charge in [0.2, 0.25) is 5.91 Å². The number of carbonyl (C=O) groups excluding carboxylic acids is 1. The minimum Gasteiger partial charge on any atom is -0.379 e. The van der Waals surface area contributed by atoms with Crippen LogP contribution in [0.2, 0.25) is 0 Å². The number of nitrogens with zero attached hydrogens (tertiary/aromatic N) is 4. The van der Waals surface area contributed by atoms with Gasteiger partial charge in [-0.15, -0.1) is 0 Å². The fraction of sp³-hybridized carbons (Fsp3) is 0.375. The number of ether oxygens (including phenoxy) is 1. The van der Waals surface area contributed by atoms with E-state index in [1.54, 1.807) is 6.33 Å². The number of rotatable bonds is 3. The number of benzene rings is 2. The molecule has 0 bridgehead atoms. The van der Waals surface area contributed by atoms with Gasteiger partial charge in [-0.3, -0.25) is 4.79 Å². The number of hydrogen-bond donors (Lipinski definition) is 0. The van der Waals surface area contributed by atoms with Gasteiger partial charge in [-0.05, 0) is 24.6 Å². The average molecular weight is 402 g/mol. The molecule has 5 rings (SSSR count). The molecule has 2 aromatic carbocycles. The third-order valence-electron chi connectivity index (χ3n) is 6.36. The molecular weight excluding hydrogens is 376 g/mol. The first-order chi connectivity index (χ1) is 14.7. The molecule has 3 aromatic rings. The fourth-order valence-electron chi connectivity index (χ4n) is 4.81. The molecule has 154 valence electrons. The minimum atomic E-state index is -0.233. The van der Waals surface area contributed by atoms with Gasteiger partial charge in [-0.2, -0.15) is 0 Å². The quantitative estimate of drug-likeness (QED) is 0.672. The van der Waals surface area contributed by atoms with Crippen LogP contribution >= 0.6 is 0 Å². The van der Waals surface area contributed by atoms with Crippen LogP contribution in [0, 0.1) is 5.41 Å². The lowest BCUT2D eigenvalue weighted by Gasteiger charge is -2.33. The van der Waals surface area contributed by atoms with Crippen molar-refractivity contribution in [3.63, 3.8) is 0 Å². The summed E-state index contributed by atoms with van der Waals surface area (Å²) in [6.45, 7) is 5.53. The predicted octanol–water partition coefficient (Wildman–Crippen LogP) is 3.45. The van der Waals surface area contributed by atoms with Crippen molar-refractivity contribution in [2.75, 3.05) is 37.7 Å². The van der Waals surface area contributed by atoms with Gasteiger partial charge < -0.3 is 14.5 Å². The highest BCUT2D eigenvalue weighted by Crippen LogP contribution is 2.39. The molecule has 0 N–H and O–H groups in total. The van der Waals surface area contributed by atoms with E-state index in [4.69, 9.17) is 4.74 Å². The number of anilines is 1. The standard InChI is InChI=1S/C24H26N4O2/c1-18(19-7-3-2-4-8-19)28-15-24(13-22(28)29)14-27(11-12-30-16-24)23-20-9-5-6-10-21(20)25-17-26-23/h2-10,17-18H,11-16H2,1H3/t18-,24+/m1/s1. The van der Waals surface area contributed by atoms with Crippen molar-refractivity contribution in [1.29, 1.82) is 0 Å². The Morgan fingerprint density at radius 3 is 2.70 bits per heavy atom. The molecule has 1 spiro atoms. The van der Waals surface area contributed by atoms with Gasteiger partial charge in [0.15, 0.2) is 0 Å². The van der Waals surface area contributed by atoms with Crippen LogP contribution in [0.3, 0.4) is 0 Å². The lowest BCUT2D eigenvalue weighted by atomic mass is 9.87. The van der Waals surface area contributed by atoms with E-state index in [1.807, 2.05) is 41.3 Å². The largest absolute Gasteiger partial charge is 0.379 e. The summed E-state index contributed by atoms with van der Waals surface area (Å²) in [4.78, 5) is 26.4. The molecule has 6 heteroatoms. The predicted molar refractivity (Wildman–Crippen MR) is 116 cm³/mol. The van der Waals surface area contributed by atoms with Gasteiger partial charge >= 0.3 is 0 Å². The van der Waals surface area contributed by atoms with E-state index >= 15 is 0 Å². The second-order valence-electron chi connectivity index (χ2n) is 8.47. The van der Waals surface area contributed by atoms with E-state index in [9.17, 15) is 4.79 Å². The second-order valence-corrected chi connectivity index (χ2v) is 8.47. The molecule has 30 heavy (non-hydrogen) atoms. The van der Waals surface area contributed by atoms with Crippen LogP contribution in [0.5, 0.6) is 0 Å². The van der Waals surface area contributed by atoms with Gasteiger partial charge in [0, 0.05) is 36.9 Å². The van der Waals surface area contributed by atoms with Gasteiger partial charge in [-0.1, -0.05) is 42.5 Å². The van der Waals surface area contributed by atoms with Crippen LogP contribution in [0.25, 0.3) is 10.9 Å². The van der Waals surface area contributed by atoms with E-state index in [-0.39, 0.29) is 17.4 Å². The zero-order valence-electron chi connectivity index (χ0n) is 17.2. The van der Waals surface area contributed by atoms with E-state index in [0.29, 0.717) is 26.2 Å². The Balaban J connectivity index is 1.44. The van der Waals surface area contributed by atoms with E-state index in [0.717, 1.165) is 35.4 Å². The van der Waals surface area contributed by atoms with Crippen LogP contribution < -0.4 is 4.90 Å². The summed E-state index contributed by atoms with van der Waals surface area (Å²) in [5, 5.41) is 1.04. The number of para-hydroxylation sites is 1. The first-order valence-corrected chi connectivity index (χ1v) is 10.5. The third kappa shape index (κ3) is 3.41. The Bertz CT molecular complexity index is 1050. The zero-order valence-corrected chi connectivity index (χ0v) is 17.2. The van der Waals surface area contributed by atoms with Crippen molar-refractivity contribution in [1.82, 2.24) is 14.9 Å². The monoisotopic (exact) mass is 402 g/mol. The Labute approximate surface area is 176 Å². The highest BCUT2D eigenvalue weighted by molar-refractivity contribution is 5.89. The van der Waals surface area contributed by atoms with Crippen LogP contribution in [0.15, 0.2) is 60.9 Å². The van der Waals surface area contributed by atoms with Crippen LogP contribution in [-0.4, -0.2) is 53.6 Å². The molecule has 1 aromatic heterocycles. The van der Waals surface area contributed by atoms with Crippen LogP contribution in [-0.2, 0) is 9.53 Å². The molecule has 6 nitrogen and oxygen atoms in total. The molecule has 0 unspecified atom stereocenters. The van der Waals surface area contributed by atoms with Crippen LogP contribution in [0.1, 0.15) is 24.9 Å². The fourth-order valence-corrected chi connectivity index (χ4v) is 4.81. The molecule has 1 amide bonds. The maximum absolute atomic E-state index is 13.1. The van der Waals surface area contributed by atoms with E-state index in [1.165, 1.54) is 0 Å². The second kappa shape index (κ2) is 7.69. The third-order valence-corrected chi connectivity index (χ3v) is 6.36. The molecule has 0 saturated carbocycles. The van der Waals surface area contributed by atoms with Crippen molar-refractivity contribution in [3.05, 3.63) is 66.5 Å². The smallest absolute Gasteiger partial charge is 0.223 e. The molecular formula is C24H26N4O2. The minimum absolute atomic E-state index is 0.0506. The average Bonchev–Trinajstić information content (AvgIpc) is 2.97. The number of aromatic nitrogens is 2. The van der Waals surface area contributed by atoms with Crippen molar-refractivity contribution in [2.45, 2.75) is 19.4 Å². The van der Waals surface area contributed by atoms with Gasteiger partial charge in [-0.25, -0.2) is 9.97 Å². The lowest BCUT2D eigenvalue weighted by molar-refractivity contribution is -0.129. The summed E-state index contributed by atoms with van der Waals surface area (Å²) in [6, 6.07) is 18.4. The van der Waals surface area contributed by atoms with Crippen molar-refractivity contribution in [3.8, 4) is 0 Å². The van der Waals surface area contributed by atoms with Gasteiger partial charge in [0.1, 0.15) is 12.1 Å². The summed E-state index contributed by atoms with van der Waals surface area (Å²) in [5.74, 6) is 1.12. The van der Waals surface area contributed by atoms with E-state index < -0.39 is 0 Å². The molecule has 2 aliphatic rings. The molecule has 2 aliphatic heterocycles. The maximum atomic E-state index is 13.1. The number of carbonyl (C=O) groups is 1. The maximum Gasteiger partial charge on any atom is 0.223 e. The lowest BCUT2D eigenvalue weighted by Crippen LogP contribution is -2.41. The first kappa shape index (κ1) is 19.0. The number of amides is 1. The van der Waals surface area contributed by atoms with E-state index in [2.05, 4.69) is 40.0 Å². The summed E-state index contributed by atoms with van der Waals surface area (Å²) >= 11 is 0. The Morgan fingerprint density at radius 2 is 1.83 bits per heavy atom. The number of hydrogen-bond acceptors (Lipinski definition) is 5. The SMILES string of the molecule is C[C@H](c1ccccc1)N1C[C@]2(COCCN(c3ncnc4ccccc34)C2)CC1=O. The van der Waals surface area contributed by atoms with Crippen molar-refractivity contribution in [2.24, 2.45) is 5.41 Å². The molecule has 0 aliphatic carbocycles. The normalized spacial score (nSPS) is 23.2. The van der Waals surface area contributed by atoms with Crippen molar-refractivity contribution >= 4 is 22.6 Å². The summed E-state index contributed by atoms with van der Waals surface area (Å²) in [6.07, 6.45) is 2.13. The molecule has 3 heterocycles. The Morgan fingerprint density at radius 1 is 1.03 bits per heavy atom. The topological polar surface area (TPSA) is 58.6 Å². The summed E-state index contributed by atoms with van der Waals surface area (Å²) in [5.41, 5.74) is 1.86. The number of fused-ring (bicyclic) bond motifs is 1. The molecule has 0 radical (unpaired) electrons. The summed E-state index contributed by atoms with van der Waals surface area (Å²) < 4.78 is 6.01. The van der Waals surface area contributed by atoms with Crippen LogP contribution in [0.4, 0.5) is 5.82 Å². The molecule has 2 atom stereocenters. The Hall–Kier alpha value is -2.99. The first-order valence-electron chi connectivity index (χ1n) is 10.5. The highest BCUT2D eigenvalue weighted by Gasteiger charge is 2.47. The molecule has 2 saturated heterocycles. The van der Waals surface area contributed by atoms with Gasteiger partial charge in [0.25, 0.3) is 0 Å². The Kier molecular flexibility index (Phi) is 4.87. The zero-order chi connectivity index (χ0) is 20.6. The van der Waals surface area contributed by atoms with Gasteiger partial charge in [0.05, 0.1) is 24.8 Å².